The number of sulfone groups is 1. The van der Waals surface area contributed by atoms with Crippen molar-refractivity contribution in [3.63, 3.8) is 0 Å². The van der Waals surface area contributed by atoms with E-state index in [1.54, 1.807) is 18.2 Å². The van der Waals surface area contributed by atoms with Crippen molar-refractivity contribution < 1.29 is 40.6 Å². The van der Waals surface area contributed by atoms with Crippen LogP contribution in [-0.4, -0.2) is 37.3 Å². The second-order valence-corrected chi connectivity index (χ2v) is 12.5. The molecule has 1 N–H and O–H groups in total. The largest absolute Gasteiger partial charge is 0.496 e. The summed E-state index contributed by atoms with van der Waals surface area (Å²) in [5.41, 5.74) is 6.26. The minimum atomic E-state index is -4.59. The van der Waals surface area contributed by atoms with Crippen molar-refractivity contribution in [2.24, 2.45) is 0 Å². The number of alkyl halides is 3. The maximum absolute atomic E-state index is 13.2. The molecular weight excluding hydrogens is 583 g/mol. The second-order valence-electron chi connectivity index (χ2n) is 10.5. The van der Waals surface area contributed by atoms with E-state index in [2.05, 4.69) is 12.1 Å². The zero-order valence-corrected chi connectivity index (χ0v) is 25.0. The Labute approximate surface area is 248 Å². The van der Waals surface area contributed by atoms with Crippen molar-refractivity contribution in [2.75, 3.05) is 12.9 Å². The van der Waals surface area contributed by atoms with E-state index in [0.29, 0.717) is 30.0 Å². The number of nitrogens with zero attached hydrogens (tertiary/aromatic N) is 1. The van der Waals surface area contributed by atoms with Gasteiger partial charge in [0.25, 0.3) is 0 Å². The number of hydrogen-bond donors (Lipinski definition) is 1. The monoisotopic (exact) mass is 615 g/mol. The fourth-order valence-corrected chi connectivity index (χ4v) is 6.18. The molecule has 0 saturated carbocycles. The predicted molar refractivity (Wildman–Crippen MR) is 155 cm³/mol. The van der Waals surface area contributed by atoms with Crippen LogP contribution in [0.3, 0.4) is 0 Å². The van der Waals surface area contributed by atoms with E-state index in [1.807, 2.05) is 31.7 Å². The molecule has 1 heterocycles. The van der Waals surface area contributed by atoms with Gasteiger partial charge in [0.2, 0.25) is 5.76 Å². The molecular formula is C32H32F3NO6S. The summed E-state index contributed by atoms with van der Waals surface area (Å²) in [6.45, 7) is 6.87. The molecule has 0 bridgehead atoms. The van der Waals surface area contributed by atoms with E-state index in [0.717, 1.165) is 33.9 Å². The van der Waals surface area contributed by atoms with Crippen LogP contribution < -0.4 is 4.74 Å². The van der Waals surface area contributed by atoms with Crippen molar-refractivity contribution in [1.29, 1.82) is 0 Å². The molecule has 4 aromatic rings. The summed E-state index contributed by atoms with van der Waals surface area (Å²) >= 11 is 0. The zero-order valence-electron chi connectivity index (χ0n) is 24.2. The molecule has 43 heavy (non-hydrogen) atoms. The van der Waals surface area contributed by atoms with Gasteiger partial charge in [0, 0.05) is 18.7 Å². The fourth-order valence-electron chi connectivity index (χ4n) is 5.10. The quantitative estimate of drug-likeness (QED) is 0.195. The zero-order chi connectivity index (χ0) is 31.5. The third-order valence-electron chi connectivity index (χ3n) is 7.06. The number of carboxylic acids is 1. The van der Waals surface area contributed by atoms with Crippen molar-refractivity contribution in [2.45, 2.75) is 51.5 Å². The summed E-state index contributed by atoms with van der Waals surface area (Å²) < 4.78 is 75.4. The third-order valence-corrected chi connectivity index (χ3v) is 8.66. The van der Waals surface area contributed by atoms with Crippen LogP contribution in [0.4, 0.5) is 13.2 Å². The molecule has 0 aliphatic carbocycles. The molecule has 0 fully saturated rings. The predicted octanol–water partition coefficient (Wildman–Crippen LogP) is 6.96. The number of benzene rings is 3. The van der Waals surface area contributed by atoms with Crippen LogP contribution in [0.5, 0.6) is 5.75 Å². The lowest BCUT2D eigenvalue weighted by molar-refractivity contribution is -0.153. The number of carbonyl (C=O) groups is 1. The highest BCUT2D eigenvalue weighted by Gasteiger charge is 2.35. The average Bonchev–Trinajstić information content (AvgIpc) is 3.39. The molecule has 0 aliphatic heterocycles. The Morgan fingerprint density at radius 1 is 0.907 bits per heavy atom. The topological polar surface area (TPSA) is 97.0 Å². The average molecular weight is 616 g/mol. The Morgan fingerprint density at radius 2 is 1.58 bits per heavy atom. The summed E-state index contributed by atoms with van der Waals surface area (Å²) in [4.78, 5) is 12.9. The number of ether oxygens (including phenoxy) is 1. The van der Waals surface area contributed by atoms with Gasteiger partial charge in [-0.3, -0.25) is 9.69 Å². The molecule has 0 atom stereocenters. The van der Waals surface area contributed by atoms with E-state index in [1.165, 1.54) is 31.4 Å². The minimum absolute atomic E-state index is 0.108. The molecule has 1 aromatic heterocycles. The molecule has 3 aromatic carbocycles. The summed E-state index contributed by atoms with van der Waals surface area (Å²) in [7, 11) is -2.53. The van der Waals surface area contributed by atoms with Crippen molar-refractivity contribution in [1.82, 2.24) is 4.90 Å². The molecule has 0 unspecified atom stereocenters. The number of halogens is 3. The van der Waals surface area contributed by atoms with E-state index in [4.69, 9.17) is 14.3 Å². The highest BCUT2D eigenvalue weighted by molar-refractivity contribution is 7.92. The fraction of sp³-hybridized carbons (Fsp3) is 0.281. The third kappa shape index (κ3) is 7.85. The number of hydrogen-bond acceptors (Lipinski definition) is 6. The van der Waals surface area contributed by atoms with Gasteiger partial charge >= 0.3 is 12.1 Å². The van der Waals surface area contributed by atoms with Gasteiger partial charge in [0.05, 0.1) is 18.6 Å². The molecule has 4 rings (SSSR count). The number of carboxylic acid groups (broad SMARTS) is 1. The summed E-state index contributed by atoms with van der Waals surface area (Å²) in [5, 5.41) is 8.98. The van der Waals surface area contributed by atoms with Crippen LogP contribution in [-0.2, 0) is 40.4 Å². The van der Waals surface area contributed by atoms with Crippen LogP contribution in [0.25, 0.3) is 11.1 Å². The first-order valence-electron chi connectivity index (χ1n) is 13.3. The van der Waals surface area contributed by atoms with Crippen molar-refractivity contribution in [3.05, 3.63) is 106 Å². The van der Waals surface area contributed by atoms with E-state index < -0.39 is 33.5 Å². The van der Waals surface area contributed by atoms with Gasteiger partial charge in [0.15, 0.2) is 15.6 Å². The summed E-state index contributed by atoms with van der Waals surface area (Å²) in [6.07, 6.45) is -4.59. The van der Waals surface area contributed by atoms with Crippen LogP contribution >= 0.6 is 0 Å². The van der Waals surface area contributed by atoms with Crippen LogP contribution in [0.15, 0.2) is 76.0 Å². The Kier molecular flexibility index (Phi) is 9.36. The van der Waals surface area contributed by atoms with Gasteiger partial charge in [-0.1, -0.05) is 42.0 Å². The lowest BCUT2D eigenvalue weighted by Gasteiger charge is -2.25. The second kappa shape index (κ2) is 12.6. The first-order chi connectivity index (χ1) is 20.2. The van der Waals surface area contributed by atoms with Gasteiger partial charge < -0.3 is 14.3 Å². The molecule has 11 heteroatoms. The number of furan rings is 1. The van der Waals surface area contributed by atoms with Crippen LogP contribution in [0.2, 0.25) is 0 Å². The Bertz CT molecular complexity index is 1720. The Balaban J connectivity index is 1.67. The molecule has 228 valence electrons. The minimum Gasteiger partial charge on any atom is -0.496 e. The van der Waals surface area contributed by atoms with Gasteiger partial charge in [-0.05, 0) is 78.9 Å². The SMILES string of the molecule is COc1cc(-c2cccc(S(=O)(=O)CC(=O)O)c2)ccc1CN(Cc1ccc(C(F)(F)F)o1)Cc1c(C)cc(C)cc1C. The van der Waals surface area contributed by atoms with Gasteiger partial charge in [0.1, 0.15) is 11.5 Å². The Hall–Kier alpha value is -4.09. The maximum Gasteiger partial charge on any atom is 0.449 e. The molecule has 0 spiro atoms. The normalized spacial score (nSPS) is 12.1. The number of aryl methyl sites for hydroxylation is 3. The van der Waals surface area contributed by atoms with Crippen molar-refractivity contribution >= 4 is 15.8 Å². The summed E-state index contributed by atoms with van der Waals surface area (Å²) in [5.74, 6) is -2.85. The molecule has 0 aliphatic rings. The van der Waals surface area contributed by atoms with E-state index in [9.17, 15) is 26.4 Å². The molecule has 0 saturated heterocycles. The number of rotatable bonds is 11. The Morgan fingerprint density at radius 3 is 2.19 bits per heavy atom. The standard InChI is InChI=1S/C32H32F3NO6S/c1-20-12-21(2)28(22(3)13-20)18-36(17-26-10-11-30(42-26)32(33,34)35)16-25-9-8-24(15-29(25)41-4)23-6-5-7-27(14-23)43(39,40)19-31(37)38/h5-15H,16-19H2,1-4H3,(H,37,38). The van der Waals surface area contributed by atoms with E-state index in [-0.39, 0.29) is 17.2 Å². The first-order valence-corrected chi connectivity index (χ1v) is 15.0. The van der Waals surface area contributed by atoms with Gasteiger partial charge in [-0.15, -0.1) is 0 Å². The van der Waals surface area contributed by atoms with E-state index >= 15 is 0 Å². The highest BCUT2D eigenvalue weighted by atomic mass is 32.2. The number of methoxy groups -OCH3 is 1. The van der Waals surface area contributed by atoms with Gasteiger partial charge in [-0.25, -0.2) is 8.42 Å². The maximum atomic E-state index is 13.2. The van der Waals surface area contributed by atoms with Gasteiger partial charge in [-0.2, -0.15) is 13.2 Å². The smallest absolute Gasteiger partial charge is 0.449 e. The first kappa shape index (κ1) is 31.8. The van der Waals surface area contributed by atoms with Crippen LogP contribution in [0, 0.1) is 20.8 Å². The molecule has 7 nitrogen and oxygen atoms in total. The highest BCUT2D eigenvalue weighted by Crippen LogP contribution is 2.33. The van der Waals surface area contributed by atoms with Crippen LogP contribution in [0.1, 0.15) is 39.3 Å². The summed E-state index contributed by atoms with van der Waals surface area (Å²) in [6, 6.07) is 17.7. The lowest BCUT2D eigenvalue weighted by atomic mass is 9.98. The van der Waals surface area contributed by atoms with Crippen molar-refractivity contribution in [3.8, 4) is 16.9 Å². The molecule has 0 amide bonds. The number of aliphatic carboxylic acids is 1. The lowest BCUT2D eigenvalue weighted by Crippen LogP contribution is -2.23. The molecule has 0 radical (unpaired) electrons.